The zero-order valence-electron chi connectivity index (χ0n) is 9.27. The van der Waals surface area contributed by atoms with E-state index in [0.717, 1.165) is 4.90 Å². The van der Waals surface area contributed by atoms with Gasteiger partial charge in [-0.3, -0.25) is 9.59 Å². The number of nitrogens with zero attached hydrogens (tertiary/aromatic N) is 2. The number of imide groups is 1. The van der Waals surface area contributed by atoms with Gasteiger partial charge in [0.2, 0.25) is 11.8 Å². The van der Waals surface area contributed by atoms with E-state index in [1.54, 1.807) is 6.07 Å². The van der Waals surface area contributed by atoms with E-state index in [2.05, 4.69) is 20.9 Å². The number of hydrogen-bond acceptors (Lipinski definition) is 4. The van der Waals surface area contributed by atoms with Crippen molar-refractivity contribution in [3.8, 4) is 5.75 Å². The van der Waals surface area contributed by atoms with Crippen molar-refractivity contribution in [2.24, 2.45) is 0 Å². The number of hydrogen-bond donors (Lipinski definition) is 0. The first-order chi connectivity index (χ1) is 8.13. The van der Waals surface area contributed by atoms with Crippen molar-refractivity contribution >= 4 is 33.6 Å². The Labute approximate surface area is 107 Å². The minimum absolute atomic E-state index is 0.215. The van der Waals surface area contributed by atoms with Crippen LogP contribution in [0.2, 0.25) is 0 Å². The normalized spacial score (nSPS) is 15.5. The first-order valence-corrected chi connectivity index (χ1v) is 6.07. The number of amides is 2. The van der Waals surface area contributed by atoms with Crippen molar-refractivity contribution in [3.63, 3.8) is 0 Å². The maximum atomic E-state index is 11.6. The van der Waals surface area contributed by atoms with E-state index in [4.69, 9.17) is 4.74 Å². The third-order valence-electron chi connectivity index (χ3n) is 2.39. The van der Waals surface area contributed by atoms with Gasteiger partial charge >= 0.3 is 0 Å². The molecule has 1 fully saturated rings. The molecule has 0 aromatic carbocycles. The summed E-state index contributed by atoms with van der Waals surface area (Å²) in [7, 11) is 0. The number of carbonyl (C=O) groups excluding carboxylic acids is 2. The van der Waals surface area contributed by atoms with Gasteiger partial charge < -0.3 is 4.74 Å². The van der Waals surface area contributed by atoms with Gasteiger partial charge in [-0.2, -0.15) is 0 Å². The fourth-order valence-corrected chi connectivity index (χ4v) is 1.96. The van der Waals surface area contributed by atoms with Crippen molar-refractivity contribution in [1.82, 2.24) is 4.98 Å². The molecule has 90 valence electrons. The monoisotopic (exact) mass is 298 g/mol. The lowest BCUT2D eigenvalue weighted by atomic mass is 10.4. The standard InChI is InChI=1S/C11H11BrN2O3/c1-2-17-8-5-9(13-6-7(8)12)14-10(15)3-4-11(14)16/h5-6H,2-4H2,1H3. The molecule has 17 heavy (non-hydrogen) atoms. The topological polar surface area (TPSA) is 59.5 Å². The maximum Gasteiger partial charge on any atom is 0.235 e. The molecule has 0 radical (unpaired) electrons. The van der Waals surface area contributed by atoms with Crippen LogP contribution in [0.3, 0.4) is 0 Å². The molecule has 1 aromatic rings. The fourth-order valence-electron chi connectivity index (χ4n) is 1.63. The molecule has 0 saturated carbocycles. The minimum Gasteiger partial charge on any atom is -0.492 e. The predicted molar refractivity (Wildman–Crippen MR) is 64.8 cm³/mol. The molecule has 0 N–H and O–H groups in total. The van der Waals surface area contributed by atoms with Gasteiger partial charge in [0, 0.05) is 25.1 Å². The Morgan fingerprint density at radius 1 is 1.41 bits per heavy atom. The summed E-state index contributed by atoms with van der Waals surface area (Å²) in [5.41, 5.74) is 0. The Bertz CT molecular complexity index is 460. The number of rotatable bonds is 3. The summed E-state index contributed by atoms with van der Waals surface area (Å²) in [6.45, 7) is 2.36. The Morgan fingerprint density at radius 3 is 2.65 bits per heavy atom. The number of halogens is 1. The molecule has 0 unspecified atom stereocenters. The van der Waals surface area contributed by atoms with E-state index in [0.29, 0.717) is 22.6 Å². The number of pyridine rings is 1. The van der Waals surface area contributed by atoms with Crippen molar-refractivity contribution in [1.29, 1.82) is 0 Å². The smallest absolute Gasteiger partial charge is 0.235 e. The second-order valence-electron chi connectivity index (χ2n) is 3.53. The van der Waals surface area contributed by atoms with E-state index >= 15 is 0 Å². The van der Waals surface area contributed by atoms with Crippen LogP contribution in [0.15, 0.2) is 16.7 Å². The molecule has 1 saturated heterocycles. The van der Waals surface area contributed by atoms with Crippen LogP contribution in [0.5, 0.6) is 5.75 Å². The highest BCUT2D eigenvalue weighted by Crippen LogP contribution is 2.30. The third kappa shape index (κ3) is 2.31. The lowest BCUT2D eigenvalue weighted by Crippen LogP contribution is -2.29. The van der Waals surface area contributed by atoms with Crippen LogP contribution >= 0.6 is 15.9 Å². The van der Waals surface area contributed by atoms with Crippen molar-refractivity contribution in [3.05, 3.63) is 16.7 Å². The molecule has 1 aliphatic heterocycles. The summed E-state index contributed by atoms with van der Waals surface area (Å²) in [6, 6.07) is 1.59. The number of carbonyl (C=O) groups is 2. The number of ether oxygens (including phenoxy) is 1. The maximum absolute atomic E-state index is 11.6. The SMILES string of the molecule is CCOc1cc(N2C(=O)CCC2=O)ncc1Br. The molecule has 1 aliphatic rings. The van der Waals surface area contributed by atoms with Gasteiger partial charge in [0.1, 0.15) is 11.6 Å². The Hall–Kier alpha value is -1.43. The van der Waals surface area contributed by atoms with Crippen LogP contribution in [0, 0.1) is 0 Å². The number of anilines is 1. The van der Waals surface area contributed by atoms with Gasteiger partial charge in [-0.05, 0) is 22.9 Å². The average molecular weight is 299 g/mol. The molecule has 5 nitrogen and oxygen atoms in total. The molecule has 0 atom stereocenters. The average Bonchev–Trinajstić information content (AvgIpc) is 2.63. The summed E-state index contributed by atoms with van der Waals surface area (Å²) in [6.07, 6.45) is 2.03. The molecule has 2 heterocycles. The molecule has 6 heteroatoms. The van der Waals surface area contributed by atoms with Gasteiger partial charge in [-0.15, -0.1) is 0 Å². The Balaban J connectivity index is 2.35. The molecule has 1 aromatic heterocycles. The lowest BCUT2D eigenvalue weighted by molar-refractivity contribution is -0.121. The van der Waals surface area contributed by atoms with Gasteiger partial charge in [0.15, 0.2) is 0 Å². The predicted octanol–water partition coefficient (Wildman–Crippen LogP) is 1.90. The van der Waals surface area contributed by atoms with E-state index in [1.165, 1.54) is 6.20 Å². The van der Waals surface area contributed by atoms with Crippen LogP contribution in [0.1, 0.15) is 19.8 Å². The zero-order valence-corrected chi connectivity index (χ0v) is 10.9. The van der Waals surface area contributed by atoms with E-state index in [9.17, 15) is 9.59 Å². The molecule has 0 spiro atoms. The summed E-state index contributed by atoms with van der Waals surface area (Å²) < 4.78 is 6.07. The molecule has 2 rings (SSSR count). The van der Waals surface area contributed by atoms with Crippen LogP contribution in [-0.4, -0.2) is 23.4 Å². The highest BCUT2D eigenvalue weighted by Gasteiger charge is 2.31. The van der Waals surface area contributed by atoms with Crippen LogP contribution < -0.4 is 9.64 Å². The Kier molecular flexibility index (Phi) is 3.42. The molecule has 0 bridgehead atoms. The summed E-state index contributed by atoms with van der Waals surface area (Å²) >= 11 is 3.29. The van der Waals surface area contributed by atoms with Crippen LogP contribution in [0.4, 0.5) is 5.82 Å². The summed E-state index contributed by atoms with van der Waals surface area (Å²) in [5.74, 6) is 0.466. The number of aromatic nitrogens is 1. The van der Waals surface area contributed by atoms with Crippen molar-refractivity contribution < 1.29 is 14.3 Å². The highest BCUT2D eigenvalue weighted by molar-refractivity contribution is 9.10. The lowest BCUT2D eigenvalue weighted by Gasteiger charge is -2.14. The van der Waals surface area contributed by atoms with E-state index < -0.39 is 0 Å². The summed E-state index contributed by atoms with van der Waals surface area (Å²) in [5, 5.41) is 0. The first-order valence-electron chi connectivity index (χ1n) is 5.27. The summed E-state index contributed by atoms with van der Waals surface area (Å²) in [4.78, 5) is 28.3. The van der Waals surface area contributed by atoms with Crippen molar-refractivity contribution in [2.45, 2.75) is 19.8 Å². The molecule has 0 aliphatic carbocycles. The second kappa shape index (κ2) is 4.83. The largest absolute Gasteiger partial charge is 0.492 e. The Morgan fingerprint density at radius 2 is 2.06 bits per heavy atom. The second-order valence-corrected chi connectivity index (χ2v) is 4.38. The first kappa shape index (κ1) is 12.0. The van der Waals surface area contributed by atoms with E-state index in [-0.39, 0.29) is 24.7 Å². The van der Waals surface area contributed by atoms with Crippen LogP contribution in [0.25, 0.3) is 0 Å². The van der Waals surface area contributed by atoms with Gasteiger partial charge in [0.25, 0.3) is 0 Å². The van der Waals surface area contributed by atoms with Gasteiger partial charge in [0.05, 0.1) is 11.1 Å². The van der Waals surface area contributed by atoms with Gasteiger partial charge in [-0.25, -0.2) is 9.88 Å². The minimum atomic E-state index is -0.215. The fraction of sp³-hybridized carbons (Fsp3) is 0.364. The van der Waals surface area contributed by atoms with Crippen LogP contribution in [-0.2, 0) is 9.59 Å². The molecular weight excluding hydrogens is 288 g/mol. The van der Waals surface area contributed by atoms with Crippen molar-refractivity contribution in [2.75, 3.05) is 11.5 Å². The zero-order chi connectivity index (χ0) is 12.4. The van der Waals surface area contributed by atoms with E-state index in [1.807, 2.05) is 6.92 Å². The quantitative estimate of drug-likeness (QED) is 0.800. The molecule has 2 amide bonds. The third-order valence-corrected chi connectivity index (χ3v) is 2.98. The highest BCUT2D eigenvalue weighted by atomic mass is 79.9. The molecular formula is C11H11BrN2O3. The van der Waals surface area contributed by atoms with Gasteiger partial charge in [-0.1, -0.05) is 0 Å².